The lowest BCUT2D eigenvalue weighted by molar-refractivity contribution is 0.405. The largest absolute Gasteiger partial charge is 0.369 e. The fraction of sp³-hybridized carbons (Fsp3) is 0.333. The second-order valence-electron chi connectivity index (χ2n) is 7.69. The van der Waals surface area contributed by atoms with Crippen molar-refractivity contribution in [2.45, 2.75) is 26.2 Å². The number of nitrogens with one attached hydrogen (secondary N) is 1. The van der Waals surface area contributed by atoms with E-state index in [2.05, 4.69) is 74.6 Å². The SMILES string of the molecule is CC(C)c1ccc(C=Cc2nc(NCCCN(C)C)c3ccccc3n2)cc1. The van der Waals surface area contributed by atoms with E-state index >= 15 is 0 Å². The van der Waals surface area contributed by atoms with Gasteiger partial charge in [-0.05, 0) is 62.3 Å². The van der Waals surface area contributed by atoms with Gasteiger partial charge in [-0.1, -0.05) is 56.3 Å². The molecule has 1 aromatic heterocycles. The molecule has 0 aliphatic rings. The van der Waals surface area contributed by atoms with Gasteiger partial charge < -0.3 is 10.2 Å². The number of nitrogens with zero attached hydrogens (tertiary/aromatic N) is 3. The third-order valence-corrected chi connectivity index (χ3v) is 4.72. The van der Waals surface area contributed by atoms with E-state index < -0.39 is 0 Å². The second-order valence-corrected chi connectivity index (χ2v) is 7.69. The Morgan fingerprint density at radius 1 is 0.964 bits per heavy atom. The van der Waals surface area contributed by atoms with Crippen molar-refractivity contribution in [3.8, 4) is 0 Å². The average Bonchev–Trinajstić information content (AvgIpc) is 2.69. The van der Waals surface area contributed by atoms with Crippen molar-refractivity contribution in [2.24, 2.45) is 0 Å². The van der Waals surface area contributed by atoms with Crippen molar-refractivity contribution >= 4 is 28.9 Å². The molecule has 0 spiro atoms. The predicted molar refractivity (Wildman–Crippen MR) is 121 cm³/mol. The van der Waals surface area contributed by atoms with E-state index in [0.717, 1.165) is 47.6 Å². The van der Waals surface area contributed by atoms with Gasteiger partial charge in [-0.15, -0.1) is 0 Å². The quantitative estimate of drug-likeness (QED) is 0.544. The van der Waals surface area contributed by atoms with Crippen LogP contribution in [0.5, 0.6) is 0 Å². The molecule has 1 heterocycles. The first-order chi connectivity index (χ1) is 13.5. The zero-order chi connectivity index (χ0) is 19.9. The smallest absolute Gasteiger partial charge is 0.154 e. The summed E-state index contributed by atoms with van der Waals surface area (Å²) in [7, 11) is 4.19. The van der Waals surface area contributed by atoms with Crippen molar-refractivity contribution in [3.63, 3.8) is 0 Å². The molecule has 0 amide bonds. The van der Waals surface area contributed by atoms with Crippen LogP contribution in [0, 0.1) is 0 Å². The van der Waals surface area contributed by atoms with Crippen LogP contribution < -0.4 is 5.32 Å². The number of rotatable bonds is 8. The van der Waals surface area contributed by atoms with Crippen molar-refractivity contribution < 1.29 is 0 Å². The highest BCUT2D eigenvalue weighted by Gasteiger charge is 2.06. The molecule has 0 fully saturated rings. The van der Waals surface area contributed by atoms with E-state index in [1.165, 1.54) is 5.56 Å². The van der Waals surface area contributed by atoms with Gasteiger partial charge in [0.25, 0.3) is 0 Å². The van der Waals surface area contributed by atoms with E-state index in [1.54, 1.807) is 0 Å². The number of anilines is 1. The zero-order valence-corrected chi connectivity index (χ0v) is 17.3. The van der Waals surface area contributed by atoms with Gasteiger partial charge in [0.2, 0.25) is 0 Å². The fourth-order valence-electron chi connectivity index (χ4n) is 3.07. The van der Waals surface area contributed by atoms with Crippen molar-refractivity contribution in [1.82, 2.24) is 14.9 Å². The third kappa shape index (κ3) is 5.40. The summed E-state index contributed by atoms with van der Waals surface area (Å²) in [6.07, 6.45) is 5.13. The lowest BCUT2D eigenvalue weighted by atomic mass is 10.0. The van der Waals surface area contributed by atoms with Crippen molar-refractivity contribution in [1.29, 1.82) is 0 Å². The molecule has 0 saturated carbocycles. The average molecular weight is 375 g/mol. The number of aromatic nitrogens is 2. The Labute approximate surface area is 168 Å². The summed E-state index contributed by atoms with van der Waals surface area (Å²) in [6, 6.07) is 16.8. The number of fused-ring (bicyclic) bond motifs is 1. The molecule has 1 N–H and O–H groups in total. The molecule has 3 rings (SSSR count). The number of hydrogen-bond donors (Lipinski definition) is 1. The van der Waals surface area contributed by atoms with Crippen molar-refractivity contribution in [3.05, 3.63) is 65.5 Å². The zero-order valence-electron chi connectivity index (χ0n) is 17.3. The van der Waals surface area contributed by atoms with Gasteiger partial charge in [0.1, 0.15) is 5.82 Å². The number of hydrogen-bond acceptors (Lipinski definition) is 4. The monoisotopic (exact) mass is 374 g/mol. The maximum Gasteiger partial charge on any atom is 0.154 e. The molecule has 28 heavy (non-hydrogen) atoms. The summed E-state index contributed by atoms with van der Waals surface area (Å²) < 4.78 is 0. The maximum absolute atomic E-state index is 4.76. The van der Waals surface area contributed by atoms with Crippen LogP contribution in [0.4, 0.5) is 5.82 Å². The molecule has 4 nitrogen and oxygen atoms in total. The lowest BCUT2D eigenvalue weighted by Crippen LogP contribution is -2.16. The Bertz CT molecular complexity index is 927. The predicted octanol–water partition coefficient (Wildman–Crippen LogP) is 5.29. The molecule has 0 aliphatic heterocycles. The standard InChI is InChI=1S/C24H30N4/c1-18(2)20-13-10-19(11-14-20)12-15-23-26-22-9-6-5-8-21(22)24(27-23)25-16-7-17-28(3)4/h5-6,8-15,18H,7,16-17H2,1-4H3,(H,25,26,27). The van der Waals surface area contributed by atoms with Crippen LogP contribution >= 0.6 is 0 Å². The van der Waals surface area contributed by atoms with E-state index in [4.69, 9.17) is 9.97 Å². The van der Waals surface area contributed by atoms with Crippen LogP contribution in [-0.4, -0.2) is 42.1 Å². The van der Waals surface area contributed by atoms with Gasteiger partial charge in [0, 0.05) is 11.9 Å². The summed E-state index contributed by atoms with van der Waals surface area (Å²) in [6.45, 7) is 6.36. The Kier molecular flexibility index (Phi) is 6.77. The first-order valence-corrected chi connectivity index (χ1v) is 9.96. The summed E-state index contributed by atoms with van der Waals surface area (Å²) in [5.74, 6) is 2.17. The van der Waals surface area contributed by atoms with Gasteiger partial charge in [-0.3, -0.25) is 0 Å². The maximum atomic E-state index is 4.76. The first-order valence-electron chi connectivity index (χ1n) is 9.96. The topological polar surface area (TPSA) is 41.1 Å². The highest BCUT2D eigenvalue weighted by atomic mass is 15.1. The molecular weight excluding hydrogens is 344 g/mol. The van der Waals surface area contributed by atoms with Gasteiger partial charge >= 0.3 is 0 Å². The normalized spacial score (nSPS) is 11.8. The number of para-hydroxylation sites is 1. The van der Waals surface area contributed by atoms with Crippen LogP contribution in [0.3, 0.4) is 0 Å². The molecule has 146 valence electrons. The van der Waals surface area contributed by atoms with Crippen LogP contribution in [-0.2, 0) is 0 Å². The minimum Gasteiger partial charge on any atom is -0.369 e. The van der Waals surface area contributed by atoms with E-state index in [-0.39, 0.29) is 0 Å². The molecule has 0 aliphatic carbocycles. The van der Waals surface area contributed by atoms with Gasteiger partial charge in [-0.2, -0.15) is 0 Å². The highest BCUT2D eigenvalue weighted by molar-refractivity contribution is 5.90. The minimum absolute atomic E-state index is 0.544. The Balaban J connectivity index is 1.80. The van der Waals surface area contributed by atoms with Crippen LogP contribution in [0.15, 0.2) is 48.5 Å². The molecule has 0 atom stereocenters. The summed E-state index contributed by atoms with van der Waals surface area (Å²) in [5.41, 5.74) is 3.47. The molecule has 3 aromatic rings. The summed E-state index contributed by atoms with van der Waals surface area (Å²) in [4.78, 5) is 11.7. The lowest BCUT2D eigenvalue weighted by Gasteiger charge is -2.12. The fourth-order valence-corrected chi connectivity index (χ4v) is 3.07. The Hall–Kier alpha value is -2.72. The molecular formula is C24H30N4. The molecule has 0 radical (unpaired) electrons. The second kappa shape index (κ2) is 9.47. The van der Waals surface area contributed by atoms with E-state index in [1.807, 2.05) is 24.3 Å². The Morgan fingerprint density at radius 3 is 2.43 bits per heavy atom. The van der Waals surface area contributed by atoms with Crippen LogP contribution in [0.25, 0.3) is 23.1 Å². The molecule has 0 saturated heterocycles. The number of benzene rings is 2. The van der Waals surface area contributed by atoms with Crippen molar-refractivity contribution in [2.75, 3.05) is 32.5 Å². The van der Waals surface area contributed by atoms with Gasteiger partial charge in [-0.25, -0.2) is 9.97 Å². The van der Waals surface area contributed by atoms with Gasteiger partial charge in [0.05, 0.1) is 5.52 Å². The minimum atomic E-state index is 0.544. The van der Waals surface area contributed by atoms with Crippen LogP contribution in [0.2, 0.25) is 0 Å². The van der Waals surface area contributed by atoms with E-state index in [0.29, 0.717) is 5.92 Å². The highest BCUT2D eigenvalue weighted by Crippen LogP contribution is 2.21. The summed E-state index contributed by atoms with van der Waals surface area (Å²) >= 11 is 0. The Morgan fingerprint density at radius 2 is 1.71 bits per heavy atom. The molecule has 4 heteroatoms. The van der Waals surface area contributed by atoms with Gasteiger partial charge in [0.15, 0.2) is 5.82 Å². The third-order valence-electron chi connectivity index (χ3n) is 4.72. The molecule has 0 unspecified atom stereocenters. The van der Waals surface area contributed by atoms with Crippen LogP contribution in [0.1, 0.15) is 43.1 Å². The molecule has 2 aromatic carbocycles. The van der Waals surface area contributed by atoms with E-state index in [9.17, 15) is 0 Å². The first kappa shape index (κ1) is 20.0. The molecule has 0 bridgehead atoms. The summed E-state index contributed by atoms with van der Waals surface area (Å²) in [5, 5.41) is 4.55.